The van der Waals surface area contributed by atoms with Crippen LogP contribution < -0.4 is 51.4 Å². The van der Waals surface area contributed by atoms with Gasteiger partial charge in [0.25, 0.3) is 0 Å². The van der Waals surface area contributed by atoms with Crippen LogP contribution in [-0.2, 0) is 19.6 Å². The minimum atomic E-state index is -4.82. The molecule has 0 amide bonds. The van der Waals surface area contributed by atoms with E-state index in [4.69, 9.17) is 9.47 Å². The summed E-state index contributed by atoms with van der Waals surface area (Å²) in [5, 5.41) is 0. The number of carbonyl (C=O) groups excluding carboxylic acids is 2. The fourth-order valence-electron chi connectivity index (χ4n) is 6.21. The van der Waals surface area contributed by atoms with Crippen molar-refractivity contribution >= 4 is 22.1 Å². The van der Waals surface area contributed by atoms with Crippen LogP contribution in [0.15, 0.2) is 47.4 Å². The van der Waals surface area contributed by atoms with Crippen molar-refractivity contribution in [2.24, 2.45) is 0 Å². The molecule has 0 aliphatic rings. The molecule has 1 aromatic rings. The van der Waals surface area contributed by atoms with Crippen molar-refractivity contribution in [3.05, 3.63) is 53.6 Å². The molecule has 53 heavy (non-hydrogen) atoms. The van der Waals surface area contributed by atoms with Gasteiger partial charge in [0.15, 0.2) is 0 Å². The van der Waals surface area contributed by atoms with Crippen molar-refractivity contribution in [1.29, 1.82) is 0 Å². The molecule has 0 fully saturated rings. The number of rotatable bonds is 35. The molecule has 0 aromatic heterocycles. The zero-order chi connectivity index (χ0) is 38.0. The van der Waals surface area contributed by atoms with E-state index in [1.54, 1.807) is 0 Å². The summed E-state index contributed by atoms with van der Waals surface area (Å²) in [6.07, 6.45) is 42.1. The maximum atomic E-state index is 12.9. The molecule has 0 spiro atoms. The molecule has 0 atom stereocenters. The average molecular weight is 785 g/mol. The van der Waals surface area contributed by atoms with E-state index in [2.05, 4.69) is 38.2 Å². The molecule has 0 unspecified atom stereocenters. The van der Waals surface area contributed by atoms with Gasteiger partial charge >= 0.3 is 63.3 Å². The van der Waals surface area contributed by atoms with Crippen LogP contribution >= 0.6 is 0 Å². The molecule has 0 heterocycles. The van der Waals surface area contributed by atoms with Crippen LogP contribution in [0.25, 0.3) is 0 Å². The molecule has 298 valence electrons. The van der Waals surface area contributed by atoms with Crippen molar-refractivity contribution in [2.45, 2.75) is 199 Å². The Morgan fingerprint density at radius 2 is 0.830 bits per heavy atom. The third kappa shape index (κ3) is 30.1. The molecule has 0 radical (unpaired) electrons. The van der Waals surface area contributed by atoms with Crippen molar-refractivity contribution in [3.8, 4) is 0 Å². The summed E-state index contributed by atoms with van der Waals surface area (Å²) >= 11 is 0. The van der Waals surface area contributed by atoms with Crippen LogP contribution in [0.3, 0.4) is 0 Å². The van der Waals surface area contributed by atoms with Gasteiger partial charge in [0.2, 0.25) is 0 Å². The number of benzene rings is 1. The van der Waals surface area contributed by atoms with Gasteiger partial charge in [0.1, 0.15) is 10.1 Å². The molecular weight excluding hydrogens is 712 g/mol. The molecule has 0 N–H and O–H groups in total. The van der Waals surface area contributed by atoms with Gasteiger partial charge < -0.3 is 14.0 Å². The standard InChI is InChI=1S/C44H74O7S.K/c1-3-5-7-9-11-13-15-17-19-21-23-25-27-29-31-33-37-50-43(45)41-36-35-40(52(47,48)49)39-42(41)44(46)51-38-34-32-30-28-26-24-22-20-18-16-14-12-10-8-6-4-2;/h15-18,35-36,39H,3-14,19-34,37-38H2,1-2H3,(H,47,48,49);/q;+1/p-1/b17-15+,18-16+;. The smallest absolute Gasteiger partial charge is 0.744 e. The van der Waals surface area contributed by atoms with Crippen LogP contribution in [0.4, 0.5) is 0 Å². The van der Waals surface area contributed by atoms with E-state index < -0.39 is 27.0 Å². The van der Waals surface area contributed by atoms with E-state index in [9.17, 15) is 22.6 Å². The zero-order valence-electron chi connectivity index (χ0n) is 34.0. The van der Waals surface area contributed by atoms with Gasteiger partial charge in [0, 0.05) is 0 Å². The van der Waals surface area contributed by atoms with E-state index in [1.165, 1.54) is 116 Å². The maximum Gasteiger partial charge on any atom is 1.00 e. The normalized spacial score (nSPS) is 11.7. The molecule has 0 saturated carbocycles. The summed E-state index contributed by atoms with van der Waals surface area (Å²) in [4.78, 5) is 25.2. The van der Waals surface area contributed by atoms with Gasteiger partial charge in [-0.3, -0.25) is 0 Å². The van der Waals surface area contributed by atoms with E-state index in [0.717, 1.165) is 69.6 Å². The van der Waals surface area contributed by atoms with Gasteiger partial charge in [-0.1, -0.05) is 154 Å². The summed E-state index contributed by atoms with van der Waals surface area (Å²) in [5.41, 5.74) is -0.348. The SMILES string of the molecule is CCCCCCC/C=C/CCCCCCCCCOC(=O)c1ccc(S(=O)(=O)[O-])cc1C(=O)OCCCCCCCCC/C=C/CCCCCCC.[K+]. The topological polar surface area (TPSA) is 110 Å². The minimum Gasteiger partial charge on any atom is -0.744 e. The first kappa shape index (κ1) is 52.2. The number of hydrogen-bond acceptors (Lipinski definition) is 7. The number of unbranched alkanes of at least 4 members (excludes halogenated alkanes) is 24. The first-order chi connectivity index (χ1) is 25.3. The van der Waals surface area contributed by atoms with Gasteiger partial charge in [-0.15, -0.1) is 0 Å². The Bertz CT molecular complexity index is 1210. The first-order valence-electron chi connectivity index (χ1n) is 21.0. The molecule has 0 bridgehead atoms. The summed E-state index contributed by atoms with van der Waals surface area (Å²) in [6.45, 7) is 4.84. The predicted molar refractivity (Wildman–Crippen MR) is 214 cm³/mol. The summed E-state index contributed by atoms with van der Waals surface area (Å²) in [6, 6.07) is 3.12. The monoisotopic (exact) mass is 784 g/mol. The second-order valence-corrected chi connectivity index (χ2v) is 15.7. The average Bonchev–Trinajstić information content (AvgIpc) is 3.13. The first-order valence-corrected chi connectivity index (χ1v) is 22.5. The molecule has 0 saturated heterocycles. The Balaban J connectivity index is 0.0000270. The Hall–Kier alpha value is -0.814. The maximum absolute atomic E-state index is 12.9. The Morgan fingerprint density at radius 3 is 1.19 bits per heavy atom. The summed E-state index contributed by atoms with van der Waals surface area (Å²) in [7, 11) is -4.82. The van der Waals surface area contributed by atoms with Crippen LogP contribution in [-0.4, -0.2) is 38.1 Å². The fourth-order valence-corrected chi connectivity index (χ4v) is 6.71. The number of hydrogen-bond donors (Lipinski definition) is 0. The summed E-state index contributed by atoms with van der Waals surface area (Å²) < 4.78 is 45.7. The fraction of sp³-hybridized carbons (Fsp3) is 0.727. The number of allylic oxidation sites excluding steroid dienone is 4. The van der Waals surface area contributed by atoms with Gasteiger partial charge in [-0.05, 0) is 82.4 Å². The van der Waals surface area contributed by atoms with Gasteiger partial charge in [-0.25, -0.2) is 18.0 Å². The minimum absolute atomic E-state index is 0. The van der Waals surface area contributed by atoms with Crippen molar-refractivity contribution < 1.29 is 83.4 Å². The van der Waals surface area contributed by atoms with E-state index in [-0.39, 0.29) is 75.7 Å². The molecule has 7 nitrogen and oxygen atoms in total. The zero-order valence-corrected chi connectivity index (χ0v) is 38.0. The third-order valence-electron chi connectivity index (χ3n) is 9.50. The molecule has 1 rings (SSSR count). The molecule has 1 aromatic carbocycles. The number of carbonyl (C=O) groups is 2. The summed E-state index contributed by atoms with van der Waals surface area (Å²) in [5.74, 6) is -1.56. The molecular formula is C44H73KO7S. The molecule has 9 heteroatoms. The van der Waals surface area contributed by atoms with Crippen molar-refractivity contribution in [1.82, 2.24) is 0 Å². The van der Waals surface area contributed by atoms with Gasteiger partial charge in [0.05, 0.1) is 29.2 Å². The van der Waals surface area contributed by atoms with Crippen LogP contribution in [0, 0.1) is 0 Å². The van der Waals surface area contributed by atoms with E-state index in [0.29, 0.717) is 12.8 Å². The van der Waals surface area contributed by atoms with Crippen LogP contribution in [0.1, 0.15) is 214 Å². The predicted octanol–water partition coefficient (Wildman–Crippen LogP) is 9.98. The Morgan fingerprint density at radius 1 is 0.509 bits per heavy atom. The largest absolute Gasteiger partial charge is 1.00 e. The third-order valence-corrected chi connectivity index (χ3v) is 10.3. The van der Waals surface area contributed by atoms with Crippen molar-refractivity contribution in [3.63, 3.8) is 0 Å². The Kier molecular flexibility index (Phi) is 36.2. The molecule has 0 aliphatic heterocycles. The quantitative estimate of drug-likeness (QED) is 0.0222. The second kappa shape index (κ2) is 36.8. The second-order valence-electron chi connectivity index (χ2n) is 14.3. The van der Waals surface area contributed by atoms with Crippen LogP contribution in [0.5, 0.6) is 0 Å². The van der Waals surface area contributed by atoms with E-state index >= 15 is 0 Å². The Labute approximate surface area is 367 Å². The van der Waals surface area contributed by atoms with E-state index in [1.807, 2.05) is 0 Å². The molecule has 0 aliphatic carbocycles. The van der Waals surface area contributed by atoms with Gasteiger partial charge in [-0.2, -0.15) is 0 Å². The number of ether oxygens (including phenoxy) is 2. The van der Waals surface area contributed by atoms with Crippen LogP contribution in [0.2, 0.25) is 0 Å². The van der Waals surface area contributed by atoms with Crippen molar-refractivity contribution in [2.75, 3.05) is 13.2 Å². The number of esters is 2.